The number of hydrogen-bond donors (Lipinski definition) is 1. The van der Waals surface area contributed by atoms with Crippen LogP contribution in [0.3, 0.4) is 0 Å². The Balaban J connectivity index is 2.09. The molecule has 0 fully saturated rings. The maximum atomic E-state index is 11.5. The van der Waals surface area contributed by atoms with Gasteiger partial charge in [-0.3, -0.25) is 14.0 Å². The summed E-state index contributed by atoms with van der Waals surface area (Å²) in [4.78, 5) is 15.7. The van der Waals surface area contributed by atoms with Crippen molar-refractivity contribution in [2.45, 2.75) is 6.54 Å². The number of fused-ring (bicyclic) bond motifs is 5. The molecule has 0 unspecified atom stereocenters. The molecular formula is C14H11N5O. The van der Waals surface area contributed by atoms with Crippen molar-refractivity contribution >= 4 is 5.91 Å². The van der Waals surface area contributed by atoms with E-state index in [0.717, 1.165) is 22.6 Å². The Morgan fingerprint density at radius 1 is 1.25 bits per heavy atom. The van der Waals surface area contributed by atoms with Crippen LogP contribution in [0.4, 0.5) is 0 Å². The Labute approximate surface area is 114 Å². The fraction of sp³-hybridized carbons (Fsp3) is 0.0714. The lowest BCUT2D eigenvalue weighted by molar-refractivity contribution is 0.0995. The van der Waals surface area contributed by atoms with Gasteiger partial charge in [-0.2, -0.15) is 5.10 Å². The minimum Gasteiger partial charge on any atom is -0.364 e. The molecule has 0 saturated heterocycles. The van der Waals surface area contributed by atoms with Gasteiger partial charge in [0.05, 0.1) is 23.6 Å². The molecule has 98 valence electrons. The lowest BCUT2D eigenvalue weighted by Crippen LogP contribution is -2.16. The number of rotatable bonds is 1. The van der Waals surface area contributed by atoms with Crippen molar-refractivity contribution < 1.29 is 4.79 Å². The zero-order valence-electron chi connectivity index (χ0n) is 10.5. The van der Waals surface area contributed by atoms with Gasteiger partial charge in [-0.25, -0.2) is 4.98 Å². The van der Waals surface area contributed by atoms with Crippen LogP contribution in [-0.4, -0.2) is 25.2 Å². The number of nitrogens with zero attached hydrogens (tertiary/aromatic N) is 4. The average Bonchev–Trinajstić information content (AvgIpc) is 3.04. The van der Waals surface area contributed by atoms with E-state index in [1.54, 1.807) is 12.5 Å². The van der Waals surface area contributed by atoms with E-state index in [0.29, 0.717) is 12.2 Å². The number of imidazole rings is 1. The van der Waals surface area contributed by atoms with Gasteiger partial charge in [0.1, 0.15) is 6.33 Å². The number of nitrogens with two attached hydrogens (primary N) is 1. The molecule has 2 aromatic heterocycles. The topological polar surface area (TPSA) is 78.7 Å². The lowest BCUT2D eigenvalue weighted by Gasteiger charge is -2.07. The van der Waals surface area contributed by atoms with Crippen LogP contribution in [-0.2, 0) is 6.54 Å². The second kappa shape index (κ2) is 3.80. The van der Waals surface area contributed by atoms with Gasteiger partial charge in [0.15, 0.2) is 5.69 Å². The molecule has 2 N–H and O–H groups in total. The maximum absolute atomic E-state index is 11.5. The summed E-state index contributed by atoms with van der Waals surface area (Å²) in [7, 11) is 0. The SMILES string of the molecule is NC(=O)c1ncn2c1Cn1nccc1-c1ccccc1-2. The summed E-state index contributed by atoms with van der Waals surface area (Å²) in [5.41, 5.74) is 9.50. The Hall–Kier alpha value is -2.89. The molecule has 0 atom stereocenters. The Morgan fingerprint density at radius 2 is 2.10 bits per heavy atom. The molecule has 20 heavy (non-hydrogen) atoms. The highest BCUT2D eigenvalue weighted by molar-refractivity contribution is 5.92. The Kier molecular flexibility index (Phi) is 2.09. The van der Waals surface area contributed by atoms with Crippen molar-refractivity contribution in [1.29, 1.82) is 0 Å². The molecule has 1 amide bonds. The van der Waals surface area contributed by atoms with E-state index in [2.05, 4.69) is 10.1 Å². The highest BCUT2D eigenvalue weighted by Gasteiger charge is 2.23. The first kappa shape index (κ1) is 11.0. The van der Waals surface area contributed by atoms with E-state index in [1.165, 1.54) is 0 Å². The van der Waals surface area contributed by atoms with E-state index < -0.39 is 5.91 Å². The van der Waals surface area contributed by atoms with Crippen LogP contribution in [0, 0.1) is 0 Å². The normalized spacial score (nSPS) is 12.2. The zero-order valence-corrected chi connectivity index (χ0v) is 10.5. The smallest absolute Gasteiger partial charge is 0.269 e. The number of carbonyl (C=O) groups excluding carboxylic acids is 1. The monoisotopic (exact) mass is 265 g/mol. The fourth-order valence-corrected chi connectivity index (χ4v) is 2.67. The summed E-state index contributed by atoms with van der Waals surface area (Å²) in [5, 5.41) is 4.32. The van der Waals surface area contributed by atoms with Gasteiger partial charge >= 0.3 is 0 Å². The summed E-state index contributed by atoms with van der Waals surface area (Å²) in [5.74, 6) is -0.521. The molecule has 1 aliphatic rings. The van der Waals surface area contributed by atoms with Gasteiger partial charge in [-0.15, -0.1) is 0 Å². The third kappa shape index (κ3) is 1.36. The van der Waals surface area contributed by atoms with Crippen LogP contribution in [0.2, 0.25) is 0 Å². The van der Waals surface area contributed by atoms with Gasteiger partial charge in [-0.1, -0.05) is 18.2 Å². The molecule has 0 spiro atoms. The highest BCUT2D eigenvalue weighted by atomic mass is 16.1. The number of benzene rings is 1. The standard InChI is InChI=1S/C14H11N5O/c15-14(20)13-12-7-19-11(5-6-17-19)9-3-1-2-4-10(9)18(12)8-16-13/h1-6,8H,7H2,(H2,15,20). The van der Waals surface area contributed by atoms with E-state index in [9.17, 15) is 4.79 Å². The van der Waals surface area contributed by atoms with Gasteiger partial charge in [0.2, 0.25) is 0 Å². The number of carbonyl (C=O) groups is 1. The molecule has 0 bridgehead atoms. The van der Waals surface area contributed by atoms with Crippen molar-refractivity contribution in [2.75, 3.05) is 0 Å². The maximum Gasteiger partial charge on any atom is 0.269 e. The van der Waals surface area contributed by atoms with Crippen LogP contribution in [0.15, 0.2) is 42.9 Å². The first-order valence-corrected chi connectivity index (χ1v) is 6.23. The first-order chi connectivity index (χ1) is 9.75. The van der Waals surface area contributed by atoms with Crippen molar-refractivity contribution in [3.63, 3.8) is 0 Å². The third-order valence-electron chi connectivity index (χ3n) is 3.56. The van der Waals surface area contributed by atoms with E-state index in [4.69, 9.17) is 5.73 Å². The Bertz CT molecular complexity index is 830. The highest BCUT2D eigenvalue weighted by Crippen LogP contribution is 2.31. The van der Waals surface area contributed by atoms with E-state index in [-0.39, 0.29) is 0 Å². The zero-order chi connectivity index (χ0) is 13.7. The van der Waals surface area contributed by atoms with Crippen LogP contribution >= 0.6 is 0 Å². The molecule has 1 aromatic carbocycles. The van der Waals surface area contributed by atoms with E-state index in [1.807, 2.05) is 39.6 Å². The predicted molar refractivity (Wildman–Crippen MR) is 72.4 cm³/mol. The molecule has 3 aromatic rings. The van der Waals surface area contributed by atoms with Crippen molar-refractivity contribution in [3.8, 4) is 16.9 Å². The van der Waals surface area contributed by atoms with Crippen LogP contribution in [0.1, 0.15) is 16.2 Å². The minimum atomic E-state index is -0.521. The molecule has 6 nitrogen and oxygen atoms in total. The number of amides is 1. The molecule has 6 heteroatoms. The number of hydrogen-bond acceptors (Lipinski definition) is 3. The summed E-state index contributed by atoms with van der Waals surface area (Å²) in [6.07, 6.45) is 3.39. The largest absolute Gasteiger partial charge is 0.364 e. The third-order valence-corrected chi connectivity index (χ3v) is 3.56. The molecule has 4 rings (SSSR count). The van der Waals surface area contributed by atoms with Crippen molar-refractivity contribution in [3.05, 3.63) is 54.2 Å². The van der Waals surface area contributed by atoms with Crippen molar-refractivity contribution in [1.82, 2.24) is 19.3 Å². The molecular weight excluding hydrogens is 254 g/mol. The fourth-order valence-electron chi connectivity index (χ4n) is 2.67. The van der Waals surface area contributed by atoms with Crippen LogP contribution < -0.4 is 5.73 Å². The minimum absolute atomic E-state index is 0.295. The second-order valence-corrected chi connectivity index (χ2v) is 4.67. The van der Waals surface area contributed by atoms with Crippen LogP contribution in [0.25, 0.3) is 16.9 Å². The van der Waals surface area contributed by atoms with Gasteiger partial charge < -0.3 is 5.73 Å². The summed E-state index contributed by atoms with van der Waals surface area (Å²) < 4.78 is 3.76. The summed E-state index contributed by atoms with van der Waals surface area (Å²) in [6, 6.07) is 9.92. The van der Waals surface area contributed by atoms with E-state index >= 15 is 0 Å². The number of aromatic nitrogens is 4. The Morgan fingerprint density at radius 3 is 2.95 bits per heavy atom. The quantitative estimate of drug-likeness (QED) is 0.561. The van der Waals surface area contributed by atoms with Crippen LogP contribution in [0.5, 0.6) is 0 Å². The summed E-state index contributed by atoms with van der Waals surface area (Å²) >= 11 is 0. The lowest BCUT2D eigenvalue weighted by atomic mass is 10.1. The van der Waals surface area contributed by atoms with Crippen molar-refractivity contribution in [2.24, 2.45) is 5.73 Å². The summed E-state index contributed by atoms with van der Waals surface area (Å²) in [6.45, 7) is 0.468. The molecule has 0 aliphatic carbocycles. The second-order valence-electron chi connectivity index (χ2n) is 4.67. The molecule has 0 saturated carbocycles. The predicted octanol–water partition coefficient (Wildman–Crippen LogP) is 1.20. The average molecular weight is 265 g/mol. The molecule has 1 aliphatic heterocycles. The molecule has 3 heterocycles. The first-order valence-electron chi connectivity index (χ1n) is 6.23. The number of primary amides is 1. The number of para-hydroxylation sites is 1. The van der Waals surface area contributed by atoms with Gasteiger partial charge in [0.25, 0.3) is 5.91 Å². The molecule has 0 radical (unpaired) electrons. The van der Waals surface area contributed by atoms with Gasteiger partial charge in [-0.05, 0) is 12.1 Å². The van der Waals surface area contributed by atoms with Gasteiger partial charge in [0, 0.05) is 11.8 Å².